The molecule has 0 saturated carbocycles. The van der Waals surface area contributed by atoms with E-state index in [9.17, 15) is 13.2 Å². The Labute approximate surface area is 145 Å². The van der Waals surface area contributed by atoms with Crippen molar-refractivity contribution in [3.8, 4) is 22.8 Å². The second kappa shape index (κ2) is 6.14. The van der Waals surface area contributed by atoms with Gasteiger partial charge in [0, 0.05) is 6.07 Å². The third kappa shape index (κ3) is 3.08. The van der Waals surface area contributed by atoms with Crippen LogP contribution in [0.1, 0.15) is 5.69 Å². The van der Waals surface area contributed by atoms with Crippen molar-refractivity contribution in [1.29, 1.82) is 0 Å². The first kappa shape index (κ1) is 16.1. The van der Waals surface area contributed by atoms with Gasteiger partial charge in [-0.1, -0.05) is 42.5 Å². The largest absolute Gasteiger partial charge is 0.439 e. The molecule has 130 valence electrons. The molecule has 4 aromatic rings. The number of hydrogen-bond donors (Lipinski definition) is 0. The monoisotopic (exact) mass is 356 g/mol. The van der Waals surface area contributed by atoms with Crippen molar-refractivity contribution in [2.24, 2.45) is 0 Å². The van der Waals surface area contributed by atoms with Gasteiger partial charge in [0.15, 0.2) is 5.69 Å². The van der Waals surface area contributed by atoms with Crippen molar-refractivity contribution < 1.29 is 17.9 Å². The number of rotatable bonds is 3. The highest BCUT2D eigenvalue weighted by atomic mass is 19.4. The SMILES string of the molecule is FC(F)(F)c1cc(Oc2ccc(-c3ccccc3)cc2)n2ncnc2n1. The predicted molar refractivity (Wildman–Crippen MR) is 87.7 cm³/mol. The quantitative estimate of drug-likeness (QED) is 0.538. The second-order valence-corrected chi connectivity index (χ2v) is 5.44. The lowest BCUT2D eigenvalue weighted by atomic mass is 10.1. The van der Waals surface area contributed by atoms with E-state index in [1.54, 1.807) is 12.1 Å². The van der Waals surface area contributed by atoms with Crippen LogP contribution in [-0.4, -0.2) is 19.6 Å². The van der Waals surface area contributed by atoms with E-state index >= 15 is 0 Å². The molecule has 8 heteroatoms. The van der Waals surface area contributed by atoms with E-state index in [0.29, 0.717) is 5.75 Å². The Kier molecular flexibility index (Phi) is 3.80. The van der Waals surface area contributed by atoms with Gasteiger partial charge in [-0.25, -0.2) is 4.98 Å². The van der Waals surface area contributed by atoms with Crippen molar-refractivity contribution in [1.82, 2.24) is 19.6 Å². The Morgan fingerprint density at radius 2 is 1.58 bits per heavy atom. The van der Waals surface area contributed by atoms with Crippen molar-refractivity contribution in [3.63, 3.8) is 0 Å². The van der Waals surface area contributed by atoms with Crippen LogP contribution < -0.4 is 4.74 Å². The normalized spacial score (nSPS) is 11.7. The van der Waals surface area contributed by atoms with E-state index in [0.717, 1.165) is 28.0 Å². The van der Waals surface area contributed by atoms with Gasteiger partial charge in [0.1, 0.15) is 12.1 Å². The van der Waals surface area contributed by atoms with Gasteiger partial charge in [0.25, 0.3) is 5.78 Å². The fraction of sp³-hybridized carbons (Fsp3) is 0.0556. The zero-order chi connectivity index (χ0) is 18.1. The van der Waals surface area contributed by atoms with Crippen LogP contribution in [0, 0.1) is 0 Å². The van der Waals surface area contributed by atoms with Crippen LogP contribution >= 0.6 is 0 Å². The summed E-state index contributed by atoms with van der Waals surface area (Å²) >= 11 is 0. The van der Waals surface area contributed by atoms with E-state index in [1.165, 1.54) is 0 Å². The van der Waals surface area contributed by atoms with Gasteiger partial charge in [-0.2, -0.15) is 27.8 Å². The molecular formula is C18H11F3N4O. The van der Waals surface area contributed by atoms with Gasteiger partial charge in [0.2, 0.25) is 5.88 Å². The maximum absolute atomic E-state index is 13.0. The van der Waals surface area contributed by atoms with Crippen molar-refractivity contribution in [2.45, 2.75) is 6.18 Å². The van der Waals surface area contributed by atoms with Crippen molar-refractivity contribution in [2.75, 3.05) is 0 Å². The molecular weight excluding hydrogens is 345 g/mol. The van der Waals surface area contributed by atoms with Gasteiger partial charge in [0.05, 0.1) is 0 Å². The maximum Gasteiger partial charge on any atom is 0.433 e. The molecule has 2 aromatic heterocycles. The summed E-state index contributed by atoms with van der Waals surface area (Å²) in [4.78, 5) is 7.16. The Morgan fingerprint density at radius 1 is 0.885 bits per heavy atom. The van der Waals surface area contributed by atoms with Crippen LogP contribution in [0.25, 0.3) is 16.9 Å². The smallest absolute Gasteiger partial charge is 0.433 e. The third-order valence-corrected chi connectivity index (χ3v) is 3.69. The highest BCUT2D eigenvalue weighted by molar-refractivity contribution is 5.64. The molecule has 2 aromatic carbocycles. The number of hydrogen-bond acceptors (Lipinski definition) is 4. The molecule has 2 heterocycles. The fourth-order valence-corrected chi connectivity index (χ4v) is 2.47. The standard InChI is InChI=1S/C18H11F3N4O/c19-18(20,21)15-10-16(25-17(24-15)22-11-23-25)26-14-8-6-13(7-9-14)12-4-2-1-3-5-12/h1-11H. The van der Waals surface area contributed by atoms with E-state index in [4.69, 9.17) is 4.74 Å². The third-order valence-electron chi connectivity index (χ3n) is 3.69. The maximum atomic E-state index is 13.0. The average Bonchev–Trinajstić information content (AvgIpc) is 3.11. The second-order valence-electron chi connectivity index (χ2n) is 5.44. The van der Waals surface area contributed by atoms with Crippen LogP contribution in [0.15, 0.2) is 67.0 Å². The molecule has 26 heavy (non-hydrogen) atoms. The summed E-state index contributed by atoms with van der Waals surface area (Å²) in [5, 5.41) is 3.85. The van der Waals surface area contributed by atoms with Crippen molar-refractivity contribution >= 4 is 5.78 Å². The van der Waals surface area contributed by atoms with Gasteiger partial charge >= 0.3 is 6.18 Å². The number of nitrogens with zero attached hydrogens (tertiary/aromatic N) is 4. The van der Waals surface area contributed by atoms with Crippen molar-refractivity contribution in [3.05, 3.63) is 72.7 Å². The summed E-state index contributed by atoms with van der Waals surface area (Å²) in [5.41, 5.74) is 0.907. The minimum Gasteiger partial charge on any atom is -0.439 e. The lowest BCUT2D eigenvalue weighted by Gasteiger charge is -2.11. The summed E-state index contributed by atoms with van der Waals surface area (Å²) in [6.07, 6.45) is -3.49. The molecule has 0 radical (unpaired) electrons. The first-order chi connectivity index (χ1) is 12.5. The molecule has 0 unspecified atom stereocenters. The first-order valence-corrected chi connectivity index (χ1v) is 7.62. The van der Waals surface area contributed by atoms with Gasteiger partial charge in [-0.15, -0.1) is 0 Å². The van der Waals surface area contributed by atoms with E-state index in [-0.39, 0.29) is 11.7 Å². The average molecular weight is 356 g/mol. The van der Waals surface area contributed by atoms with Crippen LogP contribution in [0.4, 0.5) is 13.2 Å². The molecule has 0 aliphatic rings. The number of alkyl halides is 3. The fourth-order valence-electron chi connectivity index (χ4n) is 2.47. The zero-order valence-electron chi connectivity index (χ0n) is 13.2. The van der Waals surface area contributed by atoms with E-state index in [2.05, 4.69) is 15.1 Å². The molecule has 0 aliphatic heterocycles. The van der Waals surface area contributed by atoms with Crippen LogP contribution in [0.5, 0.6) is 11.6 Å². The highest BCUT2D eigenvalue weighted by Gasteiger charge is 2.34. The lowest BCUT2D eigenvalue weighted by molar-refractivity contribution is -0.141. The number of halogens is 3. The highest BCUT2D eigenvalue weighted by Crippen LogP contribution is 2.32. The van der Waals surface area contributed by atoms with Gasteiger partial charge in [-0.3, -0.25) is 0 Å². The van der Waals surface area contributed by atoms with E-state index in [1.807, 2.05) is 42.5 Å². The van der Waals surface area contributed by atoms with Gasteiger partial charge in [-0.05, 0) is 23.3 Å². The van der Waals surface area contributed by atoms with Gasteiger partial charge < -0.3 is 4.74 Å². The topological polar surface area (TPSA) is 52.3 Å². The number of ether oxygens (including phenoxy) is 1. The molecule has 0 N–H and O–H groups in total. The van der Waals surface area contributed by atoms with E-state index < -0.39 is 11.9 Å². The summed E-state index contributed by atoms with van der Waals surface area (Å²) in [6, 6.07) is 17.5. The molecule has 0 bridgehead atoms. The molecule has 4 rings (SSSR count). The molecule has 0 saturated heterocycles. The predicted octanol–water partition coefficient (Wildman–Crippen LogP) is 4.60. The minimum atomic E-state index is -4.61. The van der Waals surface area contributed by atoms with Crippen LogP contribution in [0.3, 0.4) is 0 Å². The van der Waals surface area contributed by atoms with Crippen LogP contribution in [-0.2, 0) is 6.18 Å². The Morgan fingerprint density at radius 3 is 2.27 bits per heavy atom. The Bertz CT molecular complexity index is 1040. The number of fused-ring (bicyclic) bond motifs is 1. The Hall–Kier alpha value is -3.42. The molecule has 0 aliphatic carbocycles. The molecule has 0 atom stereocenters. The lowest BCUT2D eigenvalue weighted by Crippen LogP contribution is -2.10. The molecule has 0 amide bonds. The Balaban J connectivity index is 1.68. The molecule has 5 nitrogen and oxygen atoms in total. The number of benzene rings is 2. The first-order valence-electron chi connectivity index (χ1n) is 7.62. The molecule has 0 spiro atoms. The molecule has 0 fully saturated rings. The minimum absolute atomic E-state index is 0.118. The summed E-state index contributed by atoms with van der Waals surface area (Å²) in [7, 11) is 0. The van der Waals surface area contributed by atoms with Crippen LogP contribution in [0.2, 0.25) is 0 Å². The summed E-state index contributed by atoms with van der Waals surface area (Å²) in [6.45, 7) is 0. The summed E-state index contributed by atoms with van der Waals surface area (Å²) in [5.74, 6) is 0.0730. The zero-order valence-corrected chi connectivity index (χ0v) is 13.2. The number of aromatic nitrogens is 4. The summed E-state index contributed by atoms with van der Waals surface area (Å²) < 4.78 is 45.7.